The number of aromatic nitrogens is 1. The number of hydrogen-bond donors (Lipinski definition) is 1. The van der Waals surface area contributed by atoms with Gasteiger partial charge in [-0.25, -0.2) is 0 Å². The molecule has 2 atom stereocenters. The Morgan fingerprint density at radius 3 is 3.27 bits per heavy atom. The molecule has 1 fully saturated rings. The van der Waals surface area contributed by atoms with Gasteiger partial charge in [0.1, 0.15) is 24.0 Å². The van der Waals surface area contributed by atoms with Gasteiger partial charge in [-0.3, -0.25) is 4.98 Å². The first-order valence-electron chi connectivity index (χ1n) is 5.15. The monoisotopic (exact) mass is 201 g/mol. The van der Waals surface area contributed by atoms with Gasteiger partial charge in [-0.05, 0) is 12.8 Å². The highest BCUT2D eigenvalue weighted by Crippen LogP contribution is 2.37. The smallest absolute Gasteiger partial charge is 0.145 e. The third-order valence-electron chi connectivity index (χ3n) is 3.09. The highest BCUT2D eigenvalue weighted by atomic mass is 16.5. The number of hydrogen-bond acceptors (Lipinski definition) is 4. The summed E-state index contributed by atoms with van der Waals surface area (Å²) in [4.78, 5) is 4.08. The minimum Gasteiger partial charge on any atom is -0.490 e. The van der Waals surface area contributed by atoms with Crippen molar-refractivity contribution in [3.63, 3.8) is 0 Å². The molecule has 1 saturated heterocycles. The zero-order valence-corrected chi connectivity index (χ0v) is 8.23. The van der Waals surface area contributed by atoms with Gasteiger partial charge in [0.05, 0.1) is 0 Å². The topological polar surface area (TPSA) is 57.9 Å². The van der Waals surface area contributed by atoms with Crippen LogP contribution in [0.1, 0.15) is 30.0 Å². The van der Waals surface area contributed by atoms with Crippen molar-refractivity contribution in [3.8, 4) is 11.8 Å². The number of nitrogens with one attached hydrogen (secondary N) is 1. The Kier molecular flexibility index (Phi) is 1.86. The molecule has 3 heterocycles. The van der Waals surface area contributed by atoms with Crippen molar-refractivity contribution in [3.05, 3.63) is 23.5 Å². The van der Waals surface area contributed by atoms with Crippen molar-refractivity contribution >= 4 is 0 Å². The number of fused-ring (bicyclic) bond motifs is 4. The second-order valence-corrected chi connectivity index (χ2v) is 4.02. The molecule has 0 aliphatic carbocycles. The van der Waals surface area contributed by atoms with Crippen molar-refractivity contribution in [1.29, 1.82) is 5.26 Å². The molecule has 4 heteroatoms. The van der Waals surface area contributed by atoms with Gasteiger partial charge in [0.2, 0.25) is 0 Å². The molecule has 0 saturated carbocycles. The molecule has 15 heavy (non-hydrogen) atoms. The molecule has 0 amide bonds. The van der Waals surface area contributed by atoms with Crippen molar-refractivity contribution in [1.82, 2.24) is 10.3 Å². The van der Waals surface area contributed by atoms with Crippen molar-refractivity contribution in [2.24, 2.45) is 0 Å². The lowest BCUT2D eigenvalue weighted by Crippen LogP contribution is -2.27. The molecule has 1 N–H and O–H groups in total. The Morgan fingerprint density at radius 2 is 2.40 bits per heavy atom. The highest BCUT2D eigenvalue weighted by Gasteiger charge is 2.32. The Labute approximate surface area is 87.9 Å². The number of nitriles is 1. The van der Waals surface area contributed by atoms with E-state index in [0.717, 1.165) is 24.2 Å². The average molecular weight is 201 g/mol. The fourth-order valence-corrected chi connectivity index (χ4v) is 2.33. The molecule has 0 aromatic carbocycles. The Hall–Kier alpha value is -1.60. The summed E-state index contributed by atoms with van der Waals surface area (Å²) < 4.78 is 5.68. The van der Waals surface area contributed by atoms with Crippen LogP contribution in [-0.2, 0) is 0 Å². The summed E-state index contributed by atoms with van der Waals surface area (Å²) >= 11 is 0. The zero-order chi connectivity index (χ0) is 10.3. The van der Waals surface area contributed by atoms with E-state index in [2.05, 4.69) is 16.4 Å². The third kappa shape index (κ3) is 1.28. The standard InChI is InChI=1S/C11H11N3O/c12-3-7-4-13-5-9-10-2-1-8(14-10)6-15-11(7)9/h4-5,8,10,14H,1-2,6H2/t8-,10+/m1/s1. The predicted molar refractivity (Wildman–Crippen MR) is 53.3 cm³/mol. The maximum atomic E-state index is 8.97. The van der Waals surface area contributed by atoms with Crippen LogP contribution in [0.5, 0.6) is 5.75 Å². The quantitative estimate of drug-likeness (QED) is 0.683. The van der Waals surface area contributed by atoms with Crippen LogP contribution in [0.4, 0.5) is 0 Å². The van der Waals surface area contributed by atoms with Gasteiger partial charge in [-0.15, -0.1) is 0 Å². The largest absolute Gasteiger partial charge is 0.490 e. The summed E-state index contributed by atoms with van der Waals surface area (Å²) in [5.41, 5.74) is 1.58. The number of rotatable bonds is 0. The molecular weight excluding hydrogens is 190 g/mol. The maximum Gasteiger partial charge on any atom is 0.145 e. The van der Waals surface area contributed by atoms with Crippen LogP contribution in [0.2, 0.25) is 0 Å². The summed E-state index contributed by atoms with van der Waals surface area (Å²) in [5, 5.41) is 12.5. The Bertz CT molecular complexity index is 438. The van der Waals surface area contributed by atoms with Crippen LogP contribution < -0.4 is 10.1 Å². The summed E-state index contributed by atoms with van der Waals surface area (Å²) in [5.74, 6) is 0.729. The summed E-state index contributed by atoms with van der Waals surface area (Å²) in [6, 6.07) is 2.87. The van der Waals surface area contributed by atoms with Crippen molar-refractivity contribution in [2.45, 2.75) is 24.9 Å². The van der Waals surface area contributed by atoms with Crippen LogP contribution in [0, 0.1) is 11.3 Å². The van der Waals surface area contributed by atoms with Gasteiger partial charge in [0.25, 0.3) is 0 Å². The summed E-state index contributed by atoms with van der Waals surface area (Å²) in [7, 11) is 0. The van der Waals surface area contributed by atoms with Crippen LogP contribution in [0.15, 0.2) is 12.4 Å². The Balaban J connectivity index is 2.13. The summed E-state index contributed by atoms with van der Waals surface area (Å²) in [6.07, 6.45) is 5.62. The zero-order valence-electron chi connectivity index (χ0n) is 8.23. The molecular formula is C11H11N3O. The van der Waals surface area contributed by atoms with E-state index in [1.54, 1.807) is 6.20 Å². The average Bonchev–Trinajstić information content (AvgIpc) is 2.65. The highest BCUT2D eigenvalue weighted by molar-refractivity contribution is 5.48. The SMILES string of the molecule is N#Cc1cncc2c1OC[C@H]1CC[C@@H]2N1. The first-order valence-corrected chi connectivity index (χ1v) is 5.15. The number of pyridine rings is 1. The van der Waals surface area contributed by atoms with E-state index < -0.39 is 0 Å². The molecule has 0 spiro atoms. The molecule has 2 aliphatic rings. The first-order chi connectivity index (χ1) is 7.38. The molecule has 1 aromatic heterocycles. The second-order valence-electron chi connectivity index (χ2n) is 4.02. The van der Waals surface area contributed by atoms with Gasteiger partial charge in [0.15, 0.2) is 0 Å². The summed E-state index contributed by atoms with van der Waals surface area (Å²) in [6.45, 7) is 0.655. The van der Waals surface area contributed by atoms with E-state index in [4.69, 9.17) is 10.00 Å². The Morgan fingerprint density at radius 1 is 1.47 bits per heavy atom. The molecule has 2 aliphatic heterocycles. The van der Waals surface area contributed by atoms with Gasteiger partial charge < -0.3 is 10.1 Å². The van der Waals surface area contributed by atoms with Crippen LogP contribution >= 0.6 is 0 Å². The molecule has 1 aromatic rings. The lowest BCUT2D eigenvalue weighted by molar-refractivity contribution is 0.282. The molecule has 4 nitrogen and oxygen atoms in total. The minimum atomic E-state index is 0.313. The minimum absolute atomic E-state index is 0.313. The lowest BCUT2D eigenvalue weighted by atomic mass is 10.0. The molecule has 76 valence electrons. The van der Waals surface area contributed by atoms with Gasteiger partial charge in [0, 0.05) is 30.0 Å². The lowest BCUT2D eigenvalue weighted by Gasteiger charge is -2.14. The van der Waals surface area contributed by atoms with Crippen LogP contribution in [0.3, 0.4) is 0 Å². The first kappa shape index (κ1) is 8.69. The molecule has 2 bridgehead atoms. The number of ether oxygens (including phenoxy) is 1. The fraction of sp³-hybridized carbons (Fsp3) is 0.455. The molecule has 0 radical (unpaired) electrons. The molecule has 3 rings (SSSR count). The van der Waals surface area contributed by atoms with E-state index in [1.807, 2.05) is 6.20 Å². The third-order valence-corrected chi connectivity index (χ3v) is 3.09. The van der Waals surface area contributed by atoms with E-state index in [-0.39, 0.29) is 0 Å². The predicted octanol–water partition coefficient (Wildman–Crippen LogP) is 1.14. The van der Waals surface area contributed by atoms with Crippen molar-refractivity contribution in [2.75, 3.05) is 6.61 Å². The van der Waals surface area contributed by atoms with E-state index in [0.29, 0.717) is 24.3 Å². The van der Waals surface area contributed by atoms with E-state index in [1.165, 1.54) is 0 Å². The second kappa shape index (κ2) is 3.21. The van der Waals surface area contributed by atoms with Crippen molar-refractivity contribution < 1.29 is 4.74 Å². The maximum absolute atomic E-state index is 8.97. The normalized spacial score (nSPS) is 27.4. The van der Waals surface area contributed by atoms with E-state index in [9.17, 15) is 0 Å². The van der Waals surface area contributed by atoms with E-state index >= 15 is 0 Å². The van der Waals surface area contributed by atoms with Crippen LogP contribution in [0.25, 0.3) is 0 Å². The van der Waals surface area contributed by atoms with Gasteiger partial charge in [-0.1, -0.05) is 0 Å². The number of nitrogens with zero attached hydrogens (tertiary/aromatic N) is 2. The van der Waals surface area contributed by atoms with Gasteiger partial charge >= 0.3 is 0 Å². The molecule has 0 unspecified atom stereocenters. The van der Waals surface area contributed by atoms with Crippen LogP contribution in [-0.4, -0.2) is 17.6 Å². The fourth-order valence-electron chi connectivity index (χ4n) is 2.33. The van der Waals surface area contributed by atoms with Gasteiger partial charge in [-0.2, -0.15) is 5.26 Å².